The lowest BCUT2D eigenvalue weighted by molar-refractivity contribution is 0.303. The number of hydrogen-bond donors (Lipinski definition) is 1. The number of nitrogens with zero attached hydrogens (tertiary/aromatic N) is 1. The van der Waals surface area contributed by atoms with Crippen LogP contribution in [-0.4, -0.2) is 24.2 Å². The molecule has 0 aliphatic heterocycles. The van der Waals surface area contributed by atoms with Crippen molar-refractivity contribution in [3.05, 3.63) is 24.5 Å². The highest BCUT2D eigenvalue weighted by Crippen LogP contribution is 2.17. The van der Waals surface area contributed by atoms with E-state index in [-0.39, 0.29) is 0 Å². The van der Waals surface area contributed by atoms with E-state index in [9.17, 15) is 0 Å². The summed E-state index contributed by atoms with van der Waals surface area (Å²) in [7, 11) is 0. The van der Waals surface area contributed by atoms with Gasteiger partial charge in [0.15, 0.2) is 0 Å². The van der Waals surface area contributed by atoms with Crippen LogP contribution in [0.3, 0.4) is 0 Å². The smallest absolute Gasteiger partial charge is 0.137 e. The van der Waals surface area contributed by atoms with Crippen LogP contribution in [0.4, 0.5) is 0 Å². The summed E-state index contributed by atoms with van der Waals surface area (Å²) in [5.74, 6) is 0.864. The molecular formula is C13H20N2O. The molecule has 1 N–H and O–H groups in total. The Bertz CT molecular complexity index is 283. The van der Waals surface area contributed by atoms with E-state index >= 15 is 0 Å². The zero-order valence-corrected chi connectivity index (χ0v) is 9.69. The van der Waals surface area contributed by atoms with Crippen LogP contribution in [-0.2, 0) is 0 Å². The first kappa shape index (κ1) is 11.4. The van der Waals surface area contributed by atoms with Gasteiger partial charge in [-0.05, 0) is 37.9 Å². The van der Waals surface area contributed by atoms with Gasteiger partial charge in [0.25, 0.3) is 0 Å². The van der Waals surface area contributed by atoms with Crippen LogP contribution in [0.5, 0.6) is 5.75 Å². The van der Waals surface area contributed by atoms with E-state index in [1.807, 2.05) is 12.1 Å². The molecular weight excluding hydrogens is 200 g/mol. The highest BCUT2D eigenvalue weighted by atomic mass is 16.5. The summed E-state index contributed by atoms with van der Waals surface area (Å²) in [6.07, 6.45) is 10.1. The molecule has 0 radical (unpaired) electrons. The quantitative estimate of drug-likeness (QED) is 0.747. The van der Waals surface area contributed by atoms with Gasteiger partial charge in [0.1, 0.15) is 5.75 Å². The lowest BCUT2D eigenvalue weighted by Crippen LogP contribution is -2.27. The van der Waals surface area contributed by atoms with Crippen LogP contribution in [0.15, 0.2) is 24.5 Å². The summed E-state index contributed by atoms with van der Waals surface area (Å²) in [4.78, 5) is 4.01. The number of aromatic nitrogens is 1. The first-order valence-corrected chi connectivity index (χ1v) is 6.21. The van der Waals surface area contributed by atoms with Gasteiger partial charge in [-0.2, -0.15) is 0 Å². The molecule has 1 aromatic heterocycles. The fraction of sp³-hybridized carbons (Fsp3) is 0.615. The van der Waals surface area contributed by atoms with Crippen LogP contribution in [0, 0.1) is 0 Å². The average molecular weight is 220 g/mol. The molecule has 1 aromatic rings. The van der Waals surface area contributed by atoms with Crippen molar-refractivity contribution in [2.75, 3.05) is 13.2 Å². The summed E-state index contributed by atoms with van der Waals surface area (Å²) >= 11 is 0. The van der Waals surface area contributed by atoms with E-state index in [0.29, 0.717) is 0 Å². The second-order valence-corrected chi connectivity index (χ2v) is 4.33. The van der Waals surface area contributed by atoms with E-state index < -0.39 is 0 Å². The molecule has 88 valence electrons. The Morgan fingerprint density at radius 1 is 1.38 bits per heavy atom. The predicted octanol–water partition coefficient (Wildman–Crippen LogP) is 2.38. The molecule has 1 heterocycles. The van der Waals surface area contributed by atoms with Crippen molar-refractivity contribution >= 4 is 0 Å². The van der Waals surface area contributed by atoms with Crippen LogP contribution < -0.4 is 10.1 Å². The summed E-state index contributed by atoms with van der Waals surface area (Å²) < 4.78 is 5.57. The Balaban J connectivity index is 1.52. The highest BCUT2D eigenvalue weighted by molar-refractivity contribution is 5.15. The minimum absolute atomic E-state index is 0.762. The lowest BCUT2D eigenvalue weighted by Gasteiger charge is -2.11. The van der Waals surface area contributed by atoms with E-state index in [1.54, 1.807) is 12.4 Å². The Kier molecular flexibility index (Phi) is 4.62. The van der Waals surface area contributed by atoms with E-state index in [2.05, 4.69) is 10.3 Å². The van der Waals surface area contributed by atoms with Crippen molar-refractivity contribution in [1.82, 2.24) is 10.3 Å². The van der Waals surface area contributed by atoms with Crippen molar-refractivity contribution in [2.24, 2.45) is 0 Å². The van der Waals surface area contributed by atoms with Crippen LogP contribution in [0.2, 0.25) is 0 Å². The number of nitrogens with one attached hydrogen (secondary N) is 1. The monoisotopic (exact) mass is 220 g/mol. The third-order valence-electron chi connectivity index (χ3n) is 3.01. The Labute approximate surface area is 97.2 Å². The maximum atomic E-state index is 5.57. The lowest BCUT2D eigenvalue weighted by atomic mass is 10.2. The minimum Gasteiger partial charge on any atom is -0.492 e. The third kappa shape index (κ3) is 3.81. The normalized spacial score (nSPS) is 16.5. The standard InChI is InChI=1S/C13H20N2O/c1-2-6-12(5-1)15-9-4-10-16-13-7-3-8-14-11-13/h3,7-8,11-12,15H,1-2,4-6,9-10H2. The van der Waals surface area contributed by atoms with Gasteiger partial charge in [-0.25, -0.2) is 0 Å². The zero-order valence-electron chi connectivity index (χ0n) is 9.69. The minimum atomic E-state index is 0.762. The summed E-state index contributed by atoms with van der Waals surface area (Å²) in [5, 5.41) is 3.57. The zero-order chi connectivity index (χ0) is 11.1. The molecule has 0 amide bonds. The van der Waals surface area contributed by atoms with Gasteiger partial charge in [-0.15, -0.1) is 0 Å². The molecule has 0 aromatic carbocycles. The van der Waals surface area contributed by atoms with Gasteiger partial charge in [0.05, 0.1) is 12.8 Å². The SMILES string of the molecule is c1cncc(OCCCNC2CCCC2)c1. The van der Waals surface area contributed by atoms with Crippen molar-refractivity contribution < 1.29 is 4.74 Å². The molecule has 1 aliphatic rings. The first-order chi connectivity index (χ1) is 7.95. The molecule has 1 aliphatic carbocycles. The molecule has 0 bridgehead atoms. The molecule has 3 heteroatoms. The number of ether oxygens (including phenoxy) is 1. The van der Waals surface area contributed by atoms with E-state index in [1.165, 1.54) is 25.7 Å². The predicted molar refractivity (Wildman–Crippen MR) is 64.6 cm³/mol. The van der Waals surface area contributed by atoms with Crippen LogP contribution in [0.1, 0.15) is 32.1 Å². The molecule has 3 nitrogen and oxygen atoms in total. The van der Waals surface area contributed by atoms with Crippen molar-refractivity contribution in [2.45, 2.75) is 38.1 Å². The summed E-state index contributed by atoms with van der Waals surface area (Å²) in [5.41, 5.74) is 0. The fourth-order valence-corrected chi connectivity index (χ4v) is 2.13. The number of pyridine rings is 1. The largest absolute Gasteiger partial charge is 0.492 e. The topological polar surface area (TPSA) is 34.1 Å². The van der Waals surface area contributed by atoms with Gasteiger partial charge in [0.2, 0.25) is 0 Å². The second kappa shape index (κ2) is 6.48. The number of hydrogen-bond acceptors (Lipinski definition) is 3. The summed E-state index contributed by atoms with van der Waals surface area (Å²) in [6.45, 7) is 1.83. The first-order valence-electron chi connectivity index (χ1n) is 6.21. The Morgan fingerprint density at radius 2 is 2.25 bits per heavy atom. The Morgan fingerprint density at radius 3 is 3.00 bits per heavy atom. The van der Waals surface area contributed by atoms with Gasteiger partial charge < -0.3 is 10.1 Å². The van der Waals surface area contributed by atoms with Crippen molar-refractivity contribution in [3.63, 3.8) is 0 Å². The maximum Gasteiger partial charge on any atom is 0.137 e. The molecule has 0 saturated heterocycles. The number of rotatable bonds is 6. The second-order valence-electron chi connectivity index (χ2n) is 4.33. The van der Waals surface area contributed by atoms with E-state index in [4.69, 9.17) is 4.74 Å². The van der Waals surface area contributed by atoms with Crippen LogP contribution in [0.25, 0.3) is 0 Å². The molecule has 2 rings (SSSR count). The molecule has 1 fully saturated rings. The van der Waals surface area contributed by atoms with Crippen LogP contribution >= 0.6 is 0 Å². The Hall–Kier alpha value is -1.09. The highest BCUT2D eigenvalue weighted by Gasteiger charge is 2.12. The molecule has 16 heavy (non-hydrogen) atoms. The van der Waals surface area contributed by atoms with Gasteiger partial charge in [-0.1, -0.05) is 12.8 Å². The third-order valence-corrected chi connectivity index (χ3v) is 3.01. The molecule has 0 unspecified atom stereocenters. The summed E-state index contributed by atoms with van der Waals surface area (Å²) in [6, 6.07) is 4.60. The maximum absolute atomic E-state index is 5.57. The molecule has 0 spiro atoms. The van der Waals surface area contributed by atoms with Gasteiger partial charge in [-0.3, -0.25) is 4.98 Å². The fourth-order valence-electron chi connectivity index (χ4n) is 2.13. The van der Waals surface area contributed by atoms with Gasteiger partial charge >= 0.3 is 0 Å². The van der Waals surface area contributed by atoms with Crippen molar-refractivity contribution in [1.29, 1.82) is 0 Å². The molecule has 1 saturated carbocycles. The van der Waals surface area contributed by atoms with Crippen molar-refractivity contribution in [3.8, 4) is 5.75 Å². The van der Waals surface area contributed by atoms with Gasteiger partial charge in [0, 0.05) is 12.2 Å². The molecule has 0 atom stereocenters. The average Bonchev–Trinajstić information content (AvgIpc) is 2.83. The van der Waals surface area contributed by atoms with E-state index in [0.717, 1.165) is 31.4 Å².